The highest BCUT2D eigenvalue weighted by molar-refractivity contribution is 5.95. The van der Waals surface area contributed by atoms with Gasteiger partial charge in [0.05, 0.1) is 20.8 Å². The Kier molecular flexibility index (Phi) is 5.63. The minimum Gasteiger partial charge on any atom is -0.493 e. The molecule has 0 bridgehead atoms. The first-order chi connectivity index (χ1) is 13.1. The second-order valence-corrected chi connectivity index (χ2v) is 6.27. The van der Waals surface area contributed by atoms with E-state index in [0.29, 0.717) is 29.4 Å². The molecule has 3 rings (SSSR count). The van der Waals surface area contributed by atoms with Crippen molar-refractivity contribution >= 4 is 11.8 Å². The van der Waals surface area contributed by atoms with Crippen molar-refractivity contribution in [3.63, 3.8) is 0 Å². The number of nitrogens with one attached hydrogen (secondary N) is 1. The lowest BCUT2D eigenvalue weighted by atomic mass is 10.1. The maximum atomic E-state index is 13.0. The molecule has 2 amide bonds. The van der Waals surface area contributed by atoms with Crippen LogP contribution >= 0.6 is 0 Å². The Bertz CT molecular complexity index is 829. The molecule has 1 aromatic heterocycles. The van der Waals surface area contributed by atoms with Crippen LogP contribution in [0, 0.1) is 0 Å². The molecule has 1 saturated carbocycles. The van der Waals surface area contributed by atoms with Gasteiger partial charge in [0, 0.05) is 24.2 Å². The lowest BCUT2D eigenvalue weighted by Gasteiger charge is -2.21. The fourth-order valence-corrected chi connectivity index (χ4v) is 2.80. The first-order valence-corrected chi connectivity index (χ1v) is 8.84. The standard InChI is InChI=1S/C19H23N3O5/c1-4-20-18(23)15-10-14(27-21-15)11-22(13-6-7-13)19(24)12-5-8-16(25-2)17(9-12)26-3/h5,8-10,13H,4,6-7,11H2,1-3H3,(H,20,23). The number of benzene rings is 1. The topological polar surface area (TPSA) is 93.9 Å². The van der Waals surface area contributed by atoms with E-state index in [0.717, 1.165) is 12.8 Å². The molecule has 1 fully saturated rings. The van der Waals surface area contributed by atoms with Crippen LogP contribution in [-0.4, -0.2) is 48.7 Å². The number of nitrogens with zero attached hydrogens (tertiary/aromatic N) is 2. The minimum atomic E-state index is -0.295. The van der Waals surface area contributed by atoms with Gasteiger partial charge in [0.1, 0.15) is 0 Å². The Hall–Kier alpha value is -3.03. The molecule has 1 aromatic carbocycles. The number of carbonyl (C=O) groups excluding carboxylic acids is 2. The third kappa shape index (κ3) is 4.21. The molecular formula is C19H23N3O5. The summed E-state index contributed by atoms with van der Waals surface area (Å²) in [6.45, 7) is 2.59. The van der Waals surface area contributed by atoms with Crippen molar-refractivity contribution in [3.05, 3.63) is 41.3 Å². The highest BCUT2D eigenvalue weighted by atomic mass is 16.5. The summed E-state index contributed by atoms with van der Waals surface area (Å²) in [5, 5.41) is 6.46. The Labute approximate surface area is 157 Å². The summed E-state index contributed by atoms with van der Waals surface area (Å²) in [6, 6.07) is 6.81. The molecule has 2 aromatic rings. The van der Waals surface area contributed by atoms with Gasteiger partial charge < -0.3 is 24.2 Å². The number of hydrogen-bond acceptors (Lipinski definition) is 6. The fraction of sp³-hybridized carbons (Fsp3) is 0.421. The number of methoxy groups -OCH3 is 2. The van der Waals surface area contributed by atoms with Crippen molar-refractivity contribution in [1.29, 1.82) is 0 Å². The summed E-state index contributed by atoms with van der Waals surface area (Å²) in [5.74, 6) is 1.11. The van der Waals surface area contributed by atoms with Crippen LogP contribution in [-0.2, 0) is 6.54 Å². The smallest absolute Gasteiger partial charge is 0.273 e. The average molecular weight is 373 g/mol. The van der Waals surface area contributed by atoms with Gasteiger partial charge in [0.2, 0.25) is 0 Å². The molecule has 0 saturated heterocycles. The van der Waals surface area contributed by atoms with Crippen LogP contribution in [0.4, 0.5) is 0 Å². The van der Waals surface area contributed by atoms with Gasteiger partial charge in [-0.1, -0.05) is 5.16 Å². The maximum absolute atomic E-state index is 13.0. The Morgan fingerprint density at radius 1 is 1.22 bits per heavy atom. The number of rotatable bonds is 8. The highest BCUT2D eigenvalue weighted by Crippen LogP contribution is 2.32. The van der Waals surface area contributed by atoms with Crippen molar-refractivity contribution < 1.29 is 23.6 Å². The highest BCUT2D eigenvalue weighted by Gasteiger charge is 2.34. The number of hydrogen-bond donors (Lipinski definition) is 1. The summed E-state index contributed by atoms with van der Waals surface area (Å²) >= 11 is 0. The van der Waals surface area contributed by atoms with Gasteiger partial charge in [-0.3, -0.25) is 9.59 Å². The van der Waals surface area contributed by atoms with E-state index in [1.54, 1.807) is 36.3 Å². The van der Waals surface area contributed by atoms with Crippen LogP contribution in [0.3, 0.4) is 0 Å². The van der Waals surface area contributed by atoms with Crippen LogP contribution in [0.1, 0.15) is 46.4 Å². The Morgan fingerprint density at radius 2 is 1.96 bits per heavy atom. The van der Waals surface area contributed by atoms with Crippen molar-refractivity contribution in [2.75, 3.05) is 20.8 Å². The first-order valence-electron chi connectivity index (χ1n) is 8.84. The molecule has 1 aliphatic rings. The van der Waals surface area contributed by atoms with Gasteiger partial charge in [-0.05, 0) is 38.0 Å². The second-order valence-electron chi connectivity index (χ2n) is 6.27. The molecule has 1 heterocycles. The van der Waals surface area contributed by atoms with Gasteiger partial charge in [0.15, 0.2) is 23.0 Å². The number of aromatic nitrogens is 1. The van der Waals surface area contributed by atoms with Crippen LogP contribution in [0.25, 0.3) is 0 Å². The summed E-state index contributed by atoms with van der Waals surface area (Å²) in [5.41, 5.74) is 0.712. The number of ether oxygens (including phenoxy) is 2. The summed E-state index contributed by atoms with van der Waals surface area (Å²) in [6.07, 6.45) is 1.88. The molecule has 0 radical (unpaired) electrons. The molecular weight excluding hydrogens is 350 g/mol. The van der Waals surface area contributed by atoms with E-state index in [9.17, 15) is 9.59 Å². The SMILES string of the molecule is CCNC(=O)c1cc(CN(C(=O)c2ccc(OC)c(OC)c2)C2CC2)on1. The normalized spacial score (nSPS) is 13.1. The molecule has 8 nitrogen and oxygen atoms in total. The molecule has 0 atom stereocenters. The zero-order chi connectivity index (χ0) is 19.4. The van der Waals surface area contributed by atoms with Crippen molar-refractivity contribution in [2.24, 2.45) is 0 Å². The molecule has 0 unspecified atom stereocenters. The van der Waals surface area contributed by atoms with Crippen LogP contribution in [0.15, 0.2) is 28.8 Å². The van der Waals surface area contributed by atoms with E-state index in [1.807, 2.05) is 6.92 Å². The Balaban J connectivity index is 1.78. The Morgan fingerprint density at radius 3 is 2.59 bits per heavy atom. The summed E-state index contributed by atoms with van der Waals surface area (Å²) in [7, 11) is 3.08. The van der Waals surface area contributed by atoms with Crippen LogP contribution in [0.2, 0.25) is 0 Å². The third-order valence-corrected chi connectivity index (χ3v) is 4.33. The molecule has 144 valence electrons. The second kappa shape index (κ2) is 8.11. The van der Waals surface area contributed by atoms with Gasteiger partial charge >= 0.3 is 0 Å². The van der Waals surface area contributed by atoms with Gasteiger partial charge in [0.25, 0.3) is 11.8 Å². The molecule has 0 aliphatic heterocycles. The monoisotopic (exact) mass is 373 g/mol. The molecule has 1 aliphatic carbocycles. The molecule has 0 spiro atoms. The lowest BCUT2D eigenvalue weighted by molar-refractivity contribution is 0.0712. The zero-order valence-electron chi connectivity index (χ0n) is 15.7. The van der Waals surface area contributed by atoms with Gasteiger partial charge in [-0.2, -0.15) is 0 Å². The summed E-state index contributed by atoms with van der Waals surface area (Å²) in [4.78, 5) is 26.6. The quantitative estimate of drug-likeness (QED) is 0.763. The van der Waals surface area contributed by atoms with Gasteiger partial charge in [-0.25, -0.2) is 0 Å². The van der Waals surface area contributed by atoms with Crippen molar-refractivity contribution in [3.8, 4) is 11.5 Å². The average Bonchev–Trinajstić information content (AvgIpc) is 3.42. The van der Waals surface area contributed by atoms with Crippen LogP contribution in [0.5, 0.6) is 11.5 Å². The maximum Gasteiger partial charge on any atom is 0.273 e. The van der Waals surface area contributed by atoms with Gasteiger partial charge in [-0.15, -0.1) is 0 Å². The predicted molar refractivity (Wildman–Crippen MR) is 97.0 cm³/mol. The first kappa shape index (κ1) is 18.8. The van der Waals surface area contributed by atoms with E-state index >= 15 is 0 Å². The fourth-order valence-electron chi connectivity index (χ4n) is 2.80. The summed E-state index contributed by atoms with van der Waals surface area (Å²) < 4.78 is 15.8. The largest absolute Gasteiger partial charge is 0.493 e. The van der Waals surface area contributed by atoms with Crippen molar-refractivity contribution in [1.82, 2.24) is 15.4 Å². The van der Waals surface area contributed by atoms with E-state index in [-0.39, 0.29) is 30.1 Å². The van der Waals surface area contributed by atoms with E-state index in [1.165, 1.54) is 7.11 Å². The molecule has 27 heavy (non-hydrogen) atoms. The van der Waals surface area contributed by atoms with E-state index < -0.39 is 0 Å². The van der Waals surface area contributed by atoms with Crippen LogP contribution < -0.4 is 14.8 Å². The molecule has 1 N–H and O–H groups in total. The van der Waals surface area contributed by atoms with Crippen molar-refractivity contribution in [2.45, 2.75) is 32.4 Å². The predicted octanol–water partition coefficient (Wildman–Crippen LogP) is 2.25. The number of amides is 2. The van der Waals surface area contributed by atoms with E-state index in [4.69, 9.17) is 14.0 Å². The minimum absolute atomic E-state index is 0.130. The molecule has 8 heteroatoms. The zero-order valence-corrected chi connectivity index (χ0v) is 15.7. The van der Waals surface area contributed by atoms with E-state index in [2.05, 4.69) is 10.5 Å². The number of carbonyl (C=O) groups is 2. The lowest BCUT2D eigenvalue weighted by Crippen LogP contribution is -2.32. The third-order valence-electron chi connectivity index (χ3n) is 4.33.